The van der Waals surface area contributed by atoms with Crippen LogP contribution in [0.15, 0.2) is 12.1 Å². The predicted molar refractivity (Wildman–Crippen MR) is 50.0 cm³/mol. The normalized spacial score (nSPS) is 10.2. The van der Waals surface area contributed by atoms with Gasteiger partial charge in [-0.3, -0.25) is 0 Å². The van der Waals surface area contributed by atoms with Crippen LogP contribution in [0.4, 0.5) is 4.39 Å². The van der Waals surface area contributed by atoms with E-state index in [0.717, 1.165) is 0 Å². The van der Waals surface area contributed by atoms with E-state index in [1.165, 1.54) is 13.2 Å². The fourth-order valence-electron chi connectivity index (χ4n) is 1.21. The Morgan fingerprint density at radius 1 is 1.43 bits per heavy atom. The molecule has 0 spiro atoms. The number of hydrogen-bond acceptors (Lipinski definition) is 3. The van der Waals surface area contributed by atoms with Gasteiger partial charge in [-0.1, -0.05) is 6.07 Å². The van der Waals surface area contributed by atoms with Gasteiger partial charge in [0.15, 0.2) is 11.5 Å². The molecular formula is C10H13FO3. The van der Waals surface area contributed by atoms with Crippen LogP contribution in [0, 0.1) is 5.82 Å². The van der Waals surface area contributed by atoms with Crippen molar-refractivity contribution in [1.29, 1.82) is 0 Å². The molecule has 1 aromatic carbocycles. The first-order valence-corrected chi connectivity index (χ1v) is 4.36. The van der Waals surface area contributed by atoms with E-state index in [0.29, 0.717) is 18.4 Å². The molecule has 0 aliphatic rings. The van der Waals surface area contributed by atoms with Crippen molar-refractivity contribution in [3.8, 4) is 11.5 Å². The summed E-state index contributed by atoms with van der Waals surface area (Å²) in [5.74, 6) is -1.11. The van der Waals surface area contributed by atoms with E-state index in [2.05, 4.69) is 0 Å². The first-order chi connectivity index (χ1) is 6.70. The molecule has 1 rings (SSSR count). The number of aromatic hydroxyl groups is 1. The van der Waals surface area contributed by atoms with Crippen molar-refractivity contribution in [2.24, 2.45) is 0 Å². The van der Waals surface area contributed by atoms with Gasteiger partial charge < -0.3 is 14.9 Å². The molecule has 0 aliphatic heterocycles. The average molecular weight is 200 g/mol. The highest BCUT2D eigenvalue weighted by molar-refractivity contribution is 5.41. The molecule has 0 unspecified atom stereocenters. The highest BCUT2D eigenvalue weighted by Gasteiger charge is 2.12. The number of aliphatic hydroxyl groups excluding tert-OH is 1. The Kier molecular flexibility index (Phi) is 3.71. The molecule has 78 valence electrons. The van der Waals surface area contributed by atoms with Crippen molar-refractivity contribution < 1.29 is 19.3 Å². The minimum absolute atomic E-state index is 0.0209. The molecule has 0 saturated carbocycles. The number of aliphatic hydroxyl groups is 1. The van der Waals surface area contributed by atoms with Gasteiger partial charge in [0.1, 0.15) is 0 Å². The molecule has 0 heterocycles. The molecule has 3 nitrogen and oxygen atoms in total. The van der Waals surface area contributed by atoms with E-state index in [1.54, 1.807) is 6.07 Å². The van der Waals surface area contributed by atoms with Gasteiger partial charge in [0.05, 0.1) is 7.11 Å². The zero-order chi connectivity index (χ0) is 10.6. The molecule has 0 saturated heterocycles. The summed E-state index contributed by atoms with van der Waals surface area (Å²) in [4.78, 5) is 0. The van der Waals surface area contributed by atoms with Crippen LogP contribution in [-0.4, -0.2) is 23.9 Å². The van der Waals surface area contributed by atoms with Crippen molar-refractivity contribution in [2.45, 2.75) is 12.8 Å². The van der Waals surface area contributed by atoms with Gasteiger partial charge in [-0.05, 0) is 24.5 Å². The molecule has 0 fully saturated rings. The van der Waals surface area contributed by atoms with Gasteiger partial charge in [-0.2, -0.15) is 4.39 Å². The van der Waals surface area contributed by atoms with Gasteiger partial charge >= 0.3 is 0 Å². The molecule has 0 aliphatic carbocycles. The summed E-state index contributed by atoms with van der Waals surface area (Å²) in [6.45, 7) is 0.0209. The Hall–Kier alpha value is -1.29. The summed E-state index contributed by atoms with van der Waals surface area (Å²) < 4.78 is 18.0. The maximum atomic E-state index is 13.3. The van der Waals surface area contributed by atoms with Gasteiger partial charge in [-0.25, -0.2) is 0 Å². The maximum absolute atomic E-state index is 13.3. The first kappa shape index (κ1) is 10.8. The van der Waals surface area contributed by atoms with E-state index in [-0.39, 0.29) is 12.4 Å². The summed E-state index contributed by atoms with van der Waals surface area (Å²) in [6, 6.07) is 3.05. The average Bonchev–Trinajstić information content (AvgIpc) is 2.20. The Labute approximate surface area is 81.8 Å². The maximum Gasteiger partial charge on any atom is 0.206 e. The van der Waals surface area contributed by atoms with Crippen LogP contribution in [0.25, 0.3) is 0 Å². The number of aryl methyl sites for hydroxylation is 1. The fraction of sp³-hybridized carbons (Fsp3) is 0.400. The van der Waals surface area contributed by atoms with Gasteiger partial charge in [0.2, 0.25) is 5.82 Å². The van der Waals surface area contributed by atoms with Crippen molar-refractivity contribution in [3.63, 3.8) is 0 Å². The zero-order valence-corrected chi connectivity index (χ0v) is 7.96. The molecule has 0 bridgehead atoms. The number of phenols is 1. The van der Waals surface area contributed by atoms with E-state index >= 15 is 0 Å². The summed E-state index contributed by atoms with van der Waals surface area (Å²) in [6.07, 6.45) is 0.947. The highest BCUT2D eigenvalue weighted by Crippen LogP contribution is 2.29. The number of ether oxygens (including phenoxy) is 1. The summed E-state index contributed by atoms with van der Waals surface area (Å²) in [7, 11) is 1.34. The standard InChI is InChI=1S/C10H13FO3/c1-14-8-5-4-7(3-2-6-12)10(13)9(8)11/h4-5,12-13H,2-3,6H2,1H3. The van der Waals surface area contributed by atoms with E-state index < -0.39 is 11.6 Å². The lowest BCUT2D eigenvalue weighted by Crippen LogP contribution is -1.94. The van der Waals surface area contributed by atoms with E-state index in [1.807, 2.05) is 0 Å². The molecule has 14 heavy (non-hydrogen) atoms. The van der Waals surface area contributed by atoms with Crippen molar-refractivity contribution in [3.05, 3.63) is 23.5 Å². The second kappa shape index (κ2) is 4.81. The number of benzene rings is 1. The minimum atomic E-state index is -0.747. The molecule has 2 N–H and O–H groups in total. The van der Waals surface area contributed by atoms with Gasteiger partial charge in [-0.15, -0.1) is 0 Å². The molecule has 1 aromatic rings. The quantitative estimate of drug-likeness (QED) is 0.773. The third-order valence-electron chi connectivity index (χ3n) is 1.99. The van der Waals surface area contributed by atoms with Crippen LogP contribution in [0.5, 0.6) is 11.5 Å². The van der Waals surface area contributed by atoms with Crippen molar-refractivity contribution in [1.82, 2.24) is 0 Å². The van der Waals surface area contributed by atoms with Crippen molar-refractivity contribution in [2.75, 3.05) is 13.7 Å². The number of phenolic OH excluding ortho intramolecular Hbond substituents is 1. The lowest BCUT2D eigenvalue weighted by molar-refractivity contribution is 0.287. The van der Waals surface area contributed by atoms with Gasteiger partial charge in [0, 0.05) is 6.61 Å². The van der Waals surface area contributed by atoms with Crippen LogP contribution >= 0.6 is 0 Å². The largest absolute Gasteiger partial charge is 0.505 e. The molecule has 0 amide bonds. The van der Waals surface area contributed by atoms with Crippen LogP contribution in [0.1, 0.15) is 12.0 Å². The summed E-state index contributed by atoms with van der Waals surface area (Å²) in [5, 5.41) is 18.0. The Morgan fingerprint density at radius 3 is 2.71 bits per heavy atom. The second-order valence-electron chi connectivity index (χ2n) is 2.92. The topological polar surface area (TPSA) is 49.7 Å². The van der Waals surface area contributed by atoms with Crippen LogP contribution < -0.4 is 4.74 Å². The first-order valence-electron chi connectivity index (χ1n) is 4.36. The summed E-state index contributed by atoms with van der Waals surface area (Å²) >= 11 is 0. The minimum Gasteiger partial charge on any atom is -0.505 e. The molecular weight excluding hydrogens is 187 g/mol. The fourth-order valence-corrected chi connectivity index (χ4v) is 1.21. The smallest absolute Gasteiger partial charge is 0.206 e. The summed E-state index contributed by atoms with van der Waals surface area (Å²) in [5.41, 5.74) is 0.484. The monoisotopic (exact) mass is 200 g/mol. The third kappa shape index (κ3) is 2.14. The number of methoxy groups -OCH3 is 1. The molecule has 0 radical (unpaired) electrons. The Morgan fingerprint density at radius 2 is 2.14 bits per heavy atom. The lowest BCUT2D eigenvalue weighted by atomic mass is 10.1. The molecule has 4 heteroatoms. The Balaban J connectivity index is 2.92. The highest BCUT2D eigenvalue weighted by atomic mass is 19.1. The van der Waals surface area contributed by atoms with Crippen LogP contribution in [-0.2, 0) is 6.42 Å². The number of halogens is 1. The van der Waals surface area contributed by atoms with Crippen LogP contribution in [0.2, 0.25) is 0 Å². The van der Waals surface area contributed by atoms with Crippen molar-refractivity contribution >= 4 is 0 Å². The second-order valence-corrected chi connectivity index (χ2v) is 2.92. The molecule has 0 atom stereocenters. The SMILES string of the molecule is COc1ccc(CCCO)c(O)c1F. The Bertz CT molecular complexity index is 312. The zero-order valence-electron chi connectivity index (χ0n) is 7.96. The van der Waals surface area contributed by atoms with E-state index in [4.69, 9.17) is 9.84 Å². The van der Waals surface area contributed by atoms with Crippen LogP contribution in [0.3, 0.4) is 0 Å². The lowest BCUT2D eigenvalue weighted by Gasteiger charge is -2.07. The number of rotatable bonds is 4. The van der Waals surface area contributed by atoms with E-state index in [9.17, 15) is 9.50 Å². The predicted octanol–water partition coefficient (Wildman–Crippen LogP) is 1.46. The third-order valence-corrected chi connectivity index (χ3v) is 1.99. The van der Waals surface area contributed by atoms with Gasteiger partial charge in [0.25, 0.3) is 0 Å². The number of hydrogen-bond donors (Lipinski definition) is 2. The molecule has 0 aromatic heterocycles.